The number of ether oxygens (including phenoxy) is 2. The van der Waals surface area contributed by atoms with Crippen molar-refractivity contribution in [3.63, 3.8) is 0 Å². The number of fused-ring (bicyclic) bond motifs is 3. The van der Waals surface area contributed by atoms with Gasteiger partial charge in [-0.2, -0.15) is 5.26 Å². The molecule has 0 aromatic carbocycles. The van der Waals surface area contributed by atoms with Crippen LogP contribution in [0.5, 0.6) is 5.88 Å². The van der Waals surface area contributed by atoms with E-state index < -0.39 is 0 Å². The lowest BCUT2D eigenvalue weighted by molar-refractivity contribution is -0.529. The summed E-state index contributed by atoms with van der Waals surface area (Å²) in [6.07, 6.45) is 15.2. The number of nitrogens with two attached hydrogens (primary N) is 1. The minimum Gasteiger partial charge on any atom is -0.501 e. The van der Waals surface area contributed by atoms with Crippen LogP contribution in [0.3, 0.4) is 0 Å². The van der Waals surface area contributed by atoms with E-state index >= 15 is 0 Å². The van der Waals surface area contributed by atoms with Crippen LogP contribution in [0.1, 0.15) is 36.8 Å². The fourth-order valence-corrected chi connectivity index (χ4v) is 6.06. The van der Waals surface area contributed by atoms with Crippen molar-refractivity contribution in [3.05, 3.63) is 88.7 Å². The first-order valence-corrected chi connectivity index (χ1v) is 13.9. The zero-order valence-electron chi connectivity index (χ0n) is 22.7. The molecule has 204 valence electrons. The average Bonchev–Trinajstić information content (AvgIpc) is 3.35. The number of anilines is 1. The van der Waals surface area contributed by atoms with Crippen molar-refractivity contribution in [1.82, 2.24) is 14.9 Å². The summed E-state index contributed by atoms with van der Waals surface area (Å²) in [5.41, 5.74) is 6.34. The zero-order valence-corrected chi connectivity index (χ0v) is 22.7. The van der Waals surface area contributed by atoms with Crippen molar-refractivity contribution < 1.29 is 14.8 Å². The van der Waals surface area contributed by atoms with Gasteiger partial charge in [-0.15, -0.1) is 0 Å². The van der Waals surface area contributed by atoms with Crippen LogP contribution >= 0.6 is 0 Å². The lowest BCUT2D eigenvalue weighted by Crippen LogP contribution is -2.77. The number of nitriles is 1. The van der Waals surface area contributed by atoms with Gasteiger partial charge in [0, 0.05) is 73.1 Å². The van der Waals surface area contributed by atoms with Crippen LogP contribution in [0.25, 0.3) is 5.57 Å². The number of hydrogen-bond acceptors (Lipinski definition) is 8. The van der Waals surface area contributed by atoms with Crippen LogP contribution in [0.2, 0.25) is 0 Å². The molecule has 5 aliphatic heterocycles. The second-order valence-electron chi connectivity index (χ2n) is 10.6. The molecule has 0 aliphatic carbocycles. The van der Waals surface area contributed by atoms with Gasteiger partial charge in [-0.3, -0.25) is 10.2 Å². The summed E-state index contributed by atoms with van der Waals surface area (Å²) in [4.78, 5) is 14.3. The number of methoxy groups -OCH3 is 1. The monoisotopic (exact) mass is 536 g/mol. The lowest BCUT2D eigenvalue weighted by atomic mass is 9.91. The molecule has 2 bridgehead atoms. The fraction of sp³-hybridized carbons (Fsp3) is 0.355. The number of allylic oxidation sites excluding steroid dienone is 5. The molecule has 2 aromatic heterocycles. The molecule has 0 radical (unpaired) electrons. The van der Waals surface area contributed by atoms with Gasteiger partial charge in [0.05, 0.1) is 20.0 Å². The SMILES string of the molecule is COc1ccc(CN2C3CCN(c4ccc(C5=CC(C6=COCCC6)=C[NH2+]C5=C(C#N)C=N)cn4)CC2C3)cn1. The normalized spacial score (nSPS) is 23.8. The molecule has 3 fully saturated rings. The van der Waals surface area contributed by atoms with Gasteiger partial charge in [-0.1, -0.05) is 6.07 Å². The van der Waals surface area contributed by atoms with Crippen LogP contribution in [-0.4, -0.2) is 60.0 Å². The Morgan fingerprint density at radius 1 is 1.25 bits per heavy atom. The van der Waals surface area contributed by atoms with E-state index in [1.807, 2.05) is 36.2 Å². The van der Waals surface area contributed by atoms with Crippen molar-refractivity contribution >= 4 is 17.6 Å². The maximum absolute atomic E-state index is 9.67. The smallest absolute Gasteiger partial charge is 0.212 e. The summed E-state index contributed by atoms with van der Waals surface area (Å²) in [7, 11) is 1.64. The second kappa shape index (κ2) is 11.5. The Morgan fingerprint density at radius 2 is 2.17 bits per heavy atom. The first-order valence-electron chi connectivity index (χ1n) is 13.9. The van der Waals surface area contributed by atoms with Crippen LogP contribution in [0.4, 0.5) is 5.82 Å². The van der Waals surface area contributed by atoms with E-state index in [0.29, 0.717) is 23.5 Å². The molecule has 40 heavy (non-hydrogen) atoms. The Kier molecular flexibility index (Phi) is 7.45. The van der Waals surface area contributed by atoms with E-state index in [1.165, 1.54) is 12.0 Å². The van der Waals surface area contributed by atoms with Crippen LogP contribution in [0, 0.1) is 16.7 Å². The molecule has 7 rings (SSSR count). The maximum Gasteiger partial charge on any atom is 0.212 e. The van der Waals surface area contributed by atoms with E-state index in [9.17, 15) is 5.26 Å². The van der Waals surface area contributed by atoms with Gasteiger partial charge in [-0.25, -0.2) is 9.97 Å². The van der Waals surface area contributed by atoms with E-state index in [1.54, 1.807) is 7.11 Å². The molecule has 2 aromatic rings. The third-order valence-electron chi connectivity index (χ3n) is 8.28. The summed E-state index contributed by atoms with van der Waals surface area (Å²) in [6.45, 7) is 3.56. The highest BCUT2D eigenvalue weighted by molar-refractivity contribution is 5.91. The van der Waals surface area contributed by atoms with Crippen LogP contribution in [0.15, 0.2) is 77.6 Å². The van der Waals surface area contributed by atoms with Crippen molar-refractivity contribution in [2.75, 3.05) is 31.7 Å². The Balaban J connectivity index is 1.20. The molecule has 9 heteroatoms. The van der Waals surface area contributed by atoms with Gasteiger partial charge in [0.1, 0.15) is 23.7 Å². The number of quaternary nitrogens is 1. The topological polar surface area (TPSA) is 115 Å². The minimum atomic E-state index is 0.332. The van der Waals surface area contributed by atoms with E-state index in [-0.39, 0.29) is 0 Å². The predicted molar refractivity (Wildman–Crippen MR) is 152 cm³/mol. The zero-order chi connectivity index (χ0) is 27.5. The quantitative estimate of drug-likeness (QED) is 0.412. The molecule has 0 amide bonds. The third-order valence-corrected chi connectivity index (χ3v) is 8.28. The van der Waals surface area contributed by atoms with E-state index in [0.717, 1.165) is 85.5 Å². The highest BCUT2D eigenvalue weighted by Gasteiger charge is 2.41. The van der Waals surface area contributed by atoms with Crippen molar-refractivity contribution in [1.29, 1.82) is 10.7 Å². The number of aromatic nitrogens is 2. The number of pyridine rings is 2. The molecule has 2 unspecified atom stereocenters. The van der Waals surface area contributed by atoms with Crippen LogP contribution < -0.4 is 15.0 Å². The third kappa shape index (κ3) is 5.16. The average molecular weight is 537 g/mol. The van der Waals surface area contributed by atoms with Crippen molar-refractivity contribution in [2.24, 2.45) is 0 Å². The highest BCUT2D eigenvalue weighted by atomic mass is 16.5. The molecular weight excluding hydrogens is 502 g/mol. The van der Waals surface area contributed by atoms with Gasteiger partial charge in [0.2, 0.25) is 5.88 Å². The molecule has 2 atom stereocenters. The van der Waals surface area contributed by atoms with Gasteiger partial charge in [0.15, 0.2) is 5.70 Å². The largest absolute Gasteiger partial charge is 0.501 e. The Bertz CT molecular complexity index is 1430. The first-order chi connectivity index (χ1) is 19.7. The summed E-state index contributed by atoms with van der Waals surface area (Å²) in [6, 6.07) is 11.5. The maximum atomic E-state index is 9.67. The number of nitrogens with zero attached hydrogens (tertiary/aromatic N) is 5. The second-order valence-corrected chi connectivity index (χ2v) is 10.6. The van der Waals surface area contributed by atoms with Gasteiger partial charge < -0.3 is 19.8 Å². The summed E-state index contributed by atoms with van der Waals surface area (Å²) >= 11 is 0. The lowest BCUT2D eigenvalue weighted by Gasteiger charge is -2.47. The molecule has 7 heterocycles. The Labute approximate surface area is 234 Å². The minimum absolute atomic E-state index is 0.332. The molecule has 9 nitrogen and oxygen atoms in total. The number of rotatable bonds is 7. The van der Waals surface area contributed by atoms with E-state index in [4.69, 9.17) is 19.9 Å². The number of nitrogens with one attached hydrogen (secondary N) is 1. The van der Waals surface area contributed by atoms with Crippen LogP contribution in [-0.2, 0) is 11.3 Å². The van der Waals surface area contributed by atoms with Crippen molar-refractivity contribution in [2.45, 2.75) is 44.3 Å². The molecule has 0 saturated carbocycles. The first kappa shape index (κ1) is 26.0. The standard InChI is InChI=1S/C31H33N7O2/c1-39-30-7-4-21(15-35-30)18-38-26-8-9-37(19-27(38)12-26)29-6-5-22(16-34-29)28-11-24(23-3-2-10-40-20-23)17-36-31(28)25(13-32)14-33/h4-7,11,13,15-17,20,26-27,32,36H,2-3,8-10,12,18-19H2,1H3/p+1. The Morgan fingerprint density at radius 3 is 2.88 bits per heavy atom. The molecular formula is C31H34N7O2+. The summed E-state index contributed by atoms with van der Waals surface area (Å²) in [5, 5.41) is 19.4. The van der Waals surface area contributed by atoms with Gasteiger partial charge >= 0.3 is 0 Å². The number of hydrogen-bond donors (Lipinski definition) is 2. The Hall–Kier alpha value is -4.26. The molecule has 0 spiro atoms. The van der Waals surface area contributed by atoms with Crippen molar-refractivity contribution in [3.8, 4) is 11.9 Å². The van der Waals surface area contributed by atoms with Gasteiger partial charge in [-0.05, 0) is 55.0 Å². The molecule has 3 N–H and O–H groups in total. The molecule has 3 saturated heterocycles. The molecule has 5 aliphatic rings. The predicted octanol–water partition coefficient (Wildman–Crippen LogP) is 3.30. The van der Waals surface area contributed by atoms with E-state index in [2.05, 4.69) is 45.1 Å². The summed E-state index contributed by atoms with van der Waals surface area (Å²) in [5.74, 6) is 1.61. The summed E-state index contributed by atoms with van der Waals surface area (Å²) < 4.78 is 10.8. The highest BCUT2D eigenvalue weighted by Crippen LogP contribution is 2.36. The van der Waals surface area contributed by atoms with Gasteiger partial charge in [0.25, 0.3) is 0 Å². The fourth-order valence-electron chi connectivity index (χ4n) is 6.06.